The van der Waals surface area contributed by atoms with Gasteiger partial charge < -0.3 is 15.4 Å². The van der Waals surface area contributed by atoms with Gasteiger partial charge in [0.15, 0.2) is 6.04 Å². The Morgan fingerprint density at radius 2 is 1.83 bits per heavy atom. The Bertz CT molecular complexity index is 971. The summed E-state index contributed by atoms with van der Waals surface area (Å²) in [6, 6.07) is 26.1. The number of hydrogen-bond donors (Lipinski definition) is 2. The Kier molecular flexibility index (Phi) is 5.92. The van der Waals surface area contributed by atoms with Gasteiger partial charge in [0, 0.05) is 29.3 Å². The van der Waals surface area contributed by atoms with E-state index in [4.69, 9.17) is 4.74 Å². The number of nitrogens with one attached hydrogen (secondary N) is 1. The maximum Gasteiger partial charge on any atom is 0.287 e. The summed E-state index contributed by atoms with van der Waals surface area (Å²) in [5.74, 6) is 0.705. The molecule has 0 radical (unpaired) electrons. The standard InChI is InChI=1S/C25H26N2O2/c1-29-21-14-8-13-20(17-21)26-25(28)24(19-10-3-2-4-11-19)27-23-16-7-12-18-9-5-6-15-22(18)23/h2-6,8-11,13-15,17,23-24,27H,7,12,16H2,1H3,(H,26,28)/p+1/t23-,24-/m1/s1. The van der Waals surface area contributed by atoms with Crippen LogP contribution in [0.25, 0.3) is 0 Å². The molecule has 4 nitrogen and oxygen atoms in total. The number of methoxy groups -OCH3 is 1. The SMILES string of the molecule is COc1cccc(NC(=O)[C@H]([NH2+][C@@H]2CCCc3ccccc32)c2ccccc2)c1. The van der Waals surface area contributed by atoms with E-state index in [2.05, 4.69) is 34.9 Å². The quantitative estimate of drug-likeness (QED) is 0.671. The molecule has 1 aliphatic rings. The van der Waals surface area contributed by atoms with Gasteiger partial charge in [-0.25, -0.2) is 0 Å². The average Bonchev–Trinajstić information content (AvgIpc) is 2.78. The summed E-state index contributed by atoms with van der Waals surface area (Å²) < 4.78 is 5.28. The number of fused-ring (bicyclic) bond motifs is 1. The highest BCUT2D eigenvalue weighted by molar-refractivity contribution is 5.94. The van der Waals surface area contributed by atoms with Crippen LogP contribution in [-0.4, -0.2) is 13.0 Å². The summed E-state index contributed by atoms with van der Waals surface area (Å²) >= 11 is 0. The van der Waals surface area contributed by atoms with Crippen molar-refractivity contribution in [3.63, 3.8) is 0 Å². The van der Waals surface area contributed by atoms with E-state index >= 15 is 0 Å². The zero-order valence-corrected chi connectivity index (χ0v) is 16.7. The number of rotatable bonds is 6. The van der Waals surface area contributed by atoms with Crippen molar-refractivity contribution >= 4 is 11.6 Å². The van der Waals surface area contributed by atoms with Crippen LogP contribution >= 0.6 is 0 Å². The van der Waals surface area contributed by atoms with Gasteiger partial charge in [-0.05, 0) is 30.5 Å². The van der Waals surface area contributed by atoms with Gasteiger partial charge in [0.05, 0.1) is 7.11 Å². The summed E-state index contributed by atoms with van der Waals surface area (Å²) in [4.78, 5) is 13.3. The first kappa shape index (κ1) is 19.2. The van der Waals surface area contributed by atoms with Gasteiger partial charge in [0.25, 0.3) is 5.91 Å². The fourth-order valence-electron chi connectivity index (χ4n) is 4.15. The van der Waals surface area contributed by atoms with E-state index in [0.717, 1.165) is 36.3 Å². The van der Waals surface area contributed by atoms with E-state index in [1.165, 1.54) is 11.1 Å². The van der Waals surface area contributed by atoms with E-state index in [1.54, 1.807) is 7.11 Å². The first-order valence-electron chi connectivity index (χ1n) is 10.2. The van der Waals surface area contributed by atoms with Crippen molar-refractivity contribution in [1.82, 2.24) is 0 Å². The van der Waals surface area contributed by atoms with Gasteiger partial charge in [-0.2, -0.15) is 0 Å². The Hall–Kier alpha value is -3.11. The normalized spacial score (nSPS) is 16.5. The lowest BCUT2D eigenvalue weighted by Crippen LogP contribution is -2.88. The Balaban J connectivity index is 1.60. The third kappa shape index (κ3) is 4.49. The summed E-state index contributed by atoms with van der Waals surface area (Å²) in [7, 11) is 1.63. The second-order valence-corrected chi connectivity index (χ2v) is 7.50. The van der Waals surface area contributed by atoms with Crippen LogP contribution < -0.4 is 15.4 Å². The Labute approximate surface area is 171 Å². The molecule has 3 aromatic rings. The predicted octanol–water partition coefficient (Wildman–Crippen LogP) is 4.02. The van der Waals surface area contributed by atoms with Crippen molar-refractivity contribution in [3.8, 4) is 5.75 Å². The highest BCUT2D eigenvalue weighted by Crippen LogP contribution is 2.28. The summed E-state index contributed by atoms with van der Waals surface area (Å²) in [6.45, 7) is 0. The fraction of sp³-hybridized carbons (Fsp3) is 0.240. The number of amides is 1. The van der Waals surface area contributed by atoms with Gasteiger partial charge in [0.2, 0.25) is 0 Å². The summed E-state index contributed by atoms with van der Waals surface area (Å²) in [5.41, 5.74) is 4.51. The molecule has 29 heavy (non-hydrogen) atoms. The minimum Gasteiger partial charge on any atom is -0.497 e. The zero-order valence-electron chi connectivity index (χ0n) is 16.7. The second kappa shape index (κ2) is 8.93. The van der Waals surface area contributed by atoms with Crippen molar-refractivity contribution in [2.24, 2.45) is 0 Å². The molecule has 3 aromatic carbocycles. The molecule has 148 valence electrons. The molecule has 0 spiro atoms. The van der Waals surface area contributed by atoms with Crippen LogP contribution in [0.4, 0.5) is 5.69 Å². The molecular formula is C25H27N2O2+. The van der Waals surface area contributed by atoms with Gasteiger partial charge in [-0.3, -0.25) is 4.79 Å². The smallest absolute Gasteiger partial charge is 0.287 e. The molecular weight excluding hydrogens is 360 g/mol. The lowest BCUT2D eigenvalue weighted by molar-refractivity contribution is -0.723. The minimum atomic E-state index is -0.321. The predicted molar refractivity (Wildman–Crippen MR) is 115 cm³/mol. The van der Waals surface area contributed by atoms with Crippen LogP contribution in [0.3, 0.4) is 0 Å². The van der Waals surface area contributed by atoms with Gasteiger partial charge in [0.1, 0.15) is 11.8 Å². The van der Waals surface area contributed by atoms with Crippen molar-refractivity contribution in [2.45, 2.75) is 31.3 Å². The Morgan fingerprint density at radius 1 is 1.03 bits per heavy atom. The number of aryl methyl sites for hydroxylation is 1. The molecule has 3 N–H and O–H groups in total. The molecule has 0 aromatic heterocycles. The lowest BCUT2D eigenvalue weighted by atomic mass is 9.87. The van der Waals surface area contributed by atoms with E-state index in [1.807, 2.05) is 54.6 Å². The van der Waals surface area contributed by atoms with Gasteiger partial charge >= 0.3 is 0 Å². The van der Waals surface area contributed by atoms with Crippen molar-refractivity contribution in [3.05, 3.63) is 95.6 Å². The highest BCUT2D eigenvalue weighted by atomic mass is 16.5. The number of nitrogens with two attached hydrogens (primary N) is 1. The number of benzene rings is 3. The molecule has 4 rings (SSSR count). The van der Waals surface area contributed by atoms with Crippen LogP contribution in [-0.2, 0) is 11.2 Å². The largest absolute Gasteiger partial charge is 0.497 e. The molecule has 0 saturated heterocycles. The number of carbonyl (C=O) groups excluding carboxylic acids is 1. The third-order valence-electron chi connectivity index (χ3n) is 5.62. The number of ether oxygens (including phenoxy) is 1. The van der Waals surface area contributed by atoms with Gasteiger partial charge in [-0.1, -0.05) is 60.7 Å². The van der Waals surface area contributed by atoms with Crippen LogP contribution in [0.5, 0.6) is 5.75 Å². The third-order valence-corrected chi connectivity index (χ3v) is 5.62. The first-order chi connectivity index (χ1) is 14.2. The maximum absolute atomic E-state index is 13.3. The lowest BCUT2D eigenvalue weighted by Gasteiger charge is -2.27. The molecule has 0 heterocycles. The zero-order chi connectivity index (χ0) is 20.1. The van der Waals surface area contributed by atoms with E-state index in [0.29, 0.717) is 0 Å². The van der Waals surface area contributed by atoms with E-state index in [-0.39, 0.29) is 18.0 Å². The van der Waals surface area contributed by atoms with Crippen molar-refractivity contribution in [2.75, 3.05) is 12.4 Å². The van der Waals surface area contributed by atoms with Crippen molar-refractivity contribution in [1.29, 1.82) is 0 Å². The number of hydrogen-bond acceptors (Lipinski definition) is 2. The van der Waals surface area contributed by atoms with Crippen LogP contribution in [0.15, 0.2) is 78.9 Å². The number of quaternary nitrogens is 1. The van der Waals surface area contributed by atoms with Crippen LogP contribution in [0, 0.1) is 0 Å². The van der Waals surface area contributed by atoms with E-state index < -0.39 is 0 Å². The first-order valence-corrected chi connectivity index (χ1v) is 10.2. The van der Waals surface area contributed by atoms with Gasteiger partial charge in [-0.15, -0.1) is 0 Å². The molecule has 4 heteroatoms. The molecule has 0 fully saturated rings. The van der Waals surface area contributed by atoms with Crippen LogP contribution in [0.2, 0.25) is 0 Å². The van der Waals surface area contributed by atoms with Crippen LogP contribution in [0.1, 0.15) is 41.6 Å². The fourth-order valence-corrected chi connectivity index (χ4v) is 4.15. The molecule has 2 atom stereocenters. The monoisotopic (exact) mass is 387 g/mol. The topological polar surface area (TPSA) is 54.9 Å². The van der Waals surface area contributed by atoms with E-state index in [9.17, 15) is 4.79 Å². The Morgan fingerprint density at radius 3 is 2.66 bits per heavy atom. The summed E-state index contributed by atoms with van der Waals surface area (Å²) in [5, 5.41) is 5.30. The molecule has 0 bridgehead atoms. The van der Waals surface area contributed by atoms with Crippen molar-refractivity contribution < 1.29 is 14.8 Å². The molecule has 0 aliphatic heterocycles. The number of carbonyl (C=O) groups is 1. The molecule has 1 aliphatic carbocycles. The highest BCUT2D eigenvalue weighted by Gasteiger charge is 2.31. The maximum atomic E-state index is 13.3. The molecule has 0 unspecified atom stereocenters. The summed E-state index contributed by atoms with van der Waals surface area (Å²) in [6.07, 6.45) is 3.34. The average molecular weight is 388 g/mol. The second-order valence-electron chi connectivity index (χ2n) is 7.50. The number of anilines is 1. The molecule has 0 saturated carbocycles. The molecule has 1 amide bonds. The minimum absolute atomic E-state index is 0.0208.